The largest absolute Gasteiger partial charge is 0.382 e. The second kappa shape index (κ2) is 9.84. The summed E-state index contributed by atoms with van der Waals surface area (Å²) < 4.78 is 5.26. The number of nitrogens with zero attached hydrogens (tertiary/aromatic N) is 2. The number of carbonyl (C=O) groups is 3. The van der Waals surface area contributed by atoms with Crippen LogP contribution in [0.15, 0.2) is 0 Å². The fourth-order valence-corrected chi connectivity index (χ4v) is 3.58. The maximum Gasteiger partial charge on any atom is 0.272 e. The predicted octanol–water partition coefficient (Wildman–Crippen LogP) is -0.491. The fraction of sp³-hybridized carbons (Fsp3) is 0.824. The van der Waals surface area contributed by atoms with E-state index in [1.54, 1.807) is 4.90 Å². The van der Waals surface area contributed by atoms with Gasteiger partial charge in [0.25, 0.3) is 5.91 Å². The van der Waals surface area contributed by atoms with E-state index < -0.39 is 29.9 Å². The van der Waals surface area contributed by atoms with Gasteiger partial charge in [-0.25, -0.2) is 5.48 Å². The number of hydroxylamine groups is 1. The lowest BCUT2D eigenvalue weighted by molar-refractivity contribution is -0.154. The first-order valence-electron chi connectivity index (χ1n) is 9.30. The third-order valence-electron chi connectivity index (χ3n) is 5.09. The van der Waals surface area contributed by atoms with Crippen LogP contribution < -0.4 is 5.48 Å². The summed E-state index contributed by atoms with van der Waals surface area (Å²) in [6.45, 7) is 4.36. The van der Waals surface area contributed by atoms with E-state index in [9.17, 15) is 19.5 Å². The minimum Gasteiger partial charge on any atom is -0.382 e. The van der Waals surface area contributed by atoms with Crippen molar-refractivity contribution in [1.29, 1.82) is 0 Å². The van der Waals surface area contributed by atoms with Crippen LogP contribution >= 0.6 is 0 Å². The number of unbranched alkanes of at least 4 members (excludes halogenated alkanes) is 1. The van der Waals surface area contributed by atoms with E-state index in [-0.39, 0.29) is 5.91 Å². The maximum absolute atomic E-state index is 13.0. The first-order chi connectivity index (χ1) is 12.5. The first-order valence-corrected chi connectivity index (χ1v) is 9.30. The molecular weight excluding hydrogens is 342 g/mol. The average molecular weight is 371 g/mol. The van der Waals surface area contributed by atoms with Gasteiger partial charge in [-0.15, -0.1) is 0 Å². The molecule has 2 fully saturated rings. The number of hydrogen-bond acceptors (Lipinski definition) is 6. The van der Waals surface area contributed by atoms with Crippen LogP contribution in [0.5, 0.6) is 0 Å². The predicted molar refractivity (Wildman–Crippen MR) is 91.1 cm³/mol. The SMILES string of the molecule is CCCCC(C(=O)N1CCCC1C(=O)N1CCOCC1)C(O)C(=O)NO. The zero-order chi connectivity index (χ0) is 19.1. The highest BCUT2D eigenvalue weighted by Crippen LogP contribution is 2.25. The molecule has 3 amide bonds. The van der Waals surface area contributed by atoms with Crippen molar-refractivity contribution in [1.82, 2.24) is 15.3 Å². The lowest BCUT2D eigenvalue weighted by Gasteiger charge is -2.34. The van der Waals surface area contributed by atoms with Crippen LogP contribution in [0.2, 0.25) is 0 Å². The number of hydrogen-bond donors (Lipinski definition) is 3. The lowest BCUT2D eigenvalue weighted by Crippen LogP contribution is -2.54. The molecule has 0 spiro atoms. The Morgan fingerprint density at radius 2 is 1.92 bits per heavy atom. The van der Waals surface area contributed by atoms with Crippen molar-refractivity contribution in [2.45, 2.75) is 51.2 Å². The zero-order valence-corrected chi connectivity index (χ0v) is 15.2. The molecule has 9 nitrogen and oxygen atoms in total. The second-order valence-electron chi connectivity index (χ2n) is 6.80. The summed E-state index contributed by atoms with van der Waals surface area (Å²) in [5, 5.41) is 19.0. The van der Waals surface area contributed by atoms with Crippen molar-refractivity contribution >= 4 is 17.7 Å². The molecule has 2 saturated heterocycles. The molecule has 2 rings (SSSR count). The van der Waals surface area contributed by atoms with E-state index in [2.05, 4.69) is 0 Å². The number of carbonyl (C=O) groups excluding carboxylic acids is 3. The Kier molecular flexibility index (Phi) is 7.80. The van der Waals surface area contributed by atoms with Gasteiger partial charge in [0, 0.05) is 19.6 Å². The number of likely N-dealkylation sites (tertiary alicyclic amines) is 1. The van der Waals surface area contributed by atoms with E-state index in [0.29, 0.717) is 58.5 Å². The Morgan fingerprint density at radius 3 is 2.54 bits per heavy atom. The summed E-state index contributed by atoms with van der Waals surface area (Å²) in [6.07, 6.45) is 1.41. The maximum atomic E-state index is 13.0. The highest BCUT2D eigenvalue weighted by molar-refractivity contribution is 5.92. The van der Waals surface area contributed by atoms with Gasteiger partial charge >= 0.3 is 0 Å². The lowest BCUT2D eigenvalue weighted by atomic mass is 9.93. The van der Waals surface area contributed by atoms with Gasteiger partial charge in [-0.3, -0.25) is 19.6 Å². The minimum atomic E-state index is -1.64. The van der Waals surface area contributed by atoms with Gasteiger partial charge in [0.2, 0.25) is 11.8 Å². The number of amides is 3. The Labute approximate surface area is 153 Å². The summed E-state index contributed by atoms with van der Waals surface area (Å²) in [5.41, 5.74) is 1.40. The standard InChI is InChI=1S/C17H29N3O6/c1-2-3-5-12(14(21)15(22)18-25)16(23)20-7-4-6-13(20)17(24)19-8-10-26-11-9-19/h12-14,21,25H,2-11H2,1H3,(H,18,22). The molecule has 2 heterocycles. The topological polar surface area (TPSA) is 119 Å². The Morgan fingerprint density at radius 1 is 1.23 bits per heavy atom. The molecule has 3 unspecified atom stereocenters. The molecule has 0 aromatic carbocycles. The molecule has 0 aliphatic carbocycles. The number of aliphatic hydroxyl groups is 1. The summed E-state index contributed by atoms with van der Waals surface area (Å²) in [4.78, 5) is 40.7. The van der Waals surface area contributed by atoms with Crippen molar-refractivity contribution in [3.05, 3.63) is 0 Å². The van der Waals surface area contributed by atoms with E-state index >= 15 is 0 Å². The number of rotatable bonds is 7. The van der Waals surface area contributed by atoms with Gasteiger partial charge in [0.05, 0.1) is 19.1 Å². The molecule has 3 N–H and O–H groups in total. The van der Waals surface area contributed by atoms with Crippen molar-refractivity contribution in [3.8, 4) is 0 Å². The van der Waals surface area contributed by atoms with Crippen molar-refractivity contribution in [3.63, 3.8) is 0 Å². The van der Waals surface area contributed by atoms with Crippen LogP contribution in [0.4, 0.5) is 0 Å². The summed E-state index contributed by atoms with van der Waals surface area (Å²) in [5.74, 6) is -2.48. The van der Waals surface area contributed by atoms with Crippen LogP contribution in [0.3, 0.4) is 0 Å². The summed E-state index contributed by atoms with van der Waals surface area (Å²) in [6, 6.07) is -0.561. The second-order valence-corrected chi connectivity index (χ2v) is 6.80. The number of aliphatic hydroxyl groups excluding tert-OH is 1. The molecule has 0 aromatic rings. The van der Waals surface area contributed by atoms with Gasteiger partial charge in [0.1, 0.15) is 12.1 Å². The monoisotopic (exact) mass is 371 g/mol. The fourth-order valence-electron chi connectivity index (χ4n) is 3.58. The number of nitrogens with one attached hydrogen (secondary N) is 1. The molecule has 0 bridgehead atoms. The van der Waals surface area contributed by atoms with E-state index in [0.717, 1.165) is 6.42 Å². The van der Waals surface area contributed by atoms with Crippen LogP contribution in [0, 0.1) is 5.92 Å². The highest BCUT2D eigenvalue weighted by atomic mass is 16.5. The van der Waals surface area contributed by atoms with Crippen LogP contribution in [-0.4, -0.2) is 82.8 Å². The van der Waals surface area contributed by atoms with Gasteiger partial charge in [-0.05, 0) is 19.3 Å². The van der Waals surface area contributed by atoms with Crippen LogP contribution in [0.1, 0.15) is 39.0 Å². The molecule has 2 aliphatic rings. The average Bonchev–Trinajstić information content (AvgIpc) is 3.17. The van der Waals surface area contributed by atoms with Crippen LogP contribution in [-0.2, 0) is 19.1 Å². The molecule has 0 saturated carbocycles. The Hall–Kier alpha value is -1.71. The quantitative estimate of drug-likeness (QED) is 0.410. The summed E-state index contributed by atoms with van der Waals surface area (Å²) in [7, 11) is 0. The molecule has 0 aromatic heterocycles. The molecular formula is C17H29N3O6. The number of morpholine rings is 1. The molecule has 0 radical (unpaired) electrons. The Balaban J connectivity index is 2.11. The van der Waals surface area contributed by atoms with E-state index in [1.165, 1.54) is 10.4 Å². The molecule has 2 aliphatic heterocycles. The van der Waals surface area contributed by atoms with Gasteiger partial charge < -0.3 is 19.6 Å². The van der Waals surface area contributed by atoms with Crippen molar-refractivity contribution < 1.29 is 29.4 Å². The summed E-state index contributed by atoms with van der Waals surface area (Å²) >= 11 is 0. The van der Waals surface area contributed by atoms with E-state index in [1.807, 2.05) is 6.92 Å². The minimum absolute atomic E-state index is 0.102. The third-order valence-corrected chi connectivity index (χ3v) is 5.09. The van der Waals surface area contributed by atoms with Gasteiger partial charge in [0.15, 0.2) is 0 Å². The smallest absolute Gasteiger partial charge is 0.272 e. The van der Waals surface area contributed by atoms with Crippen molar-refractivity contribution in [2.24, 2.45) is 5.92 Å². The first kappa shape index (κ1) is 20.6. The van der Waals surface area contributed by atoms with Crippen LogP contribution in [0.25, 0.3) is 0 Å². The van der Waals surface area contributed by atoms with Gasteiger partial charge in [-0.1, -0.05) is 19.8 Å². The van der Waals surface area contributed by atoms with E-state index in [4.69, 9.17) is 9.94 Å². The molecule has 3 atom stereocenters. The molecule has 148 valence electrons. The zero-order valence-electron chi connectivity index (χ0n) is 15.2. The normalized spacial score (nSPS) is 22.8. The Bertz CT molecular complexity index is 509. The molecule has 9 heteroatoms. The number of ether oxygens (including phenoxy) is 1. The third kappa shape index (κ3) is 4.72. The van der Waals surface area contributed by atoms with Gasteiger partial charge in [-0.2, -0.15) is 0 Å². The molecule has 26 heavy (non-hydrogen) atoms. The van der Waals surface area contributed by atoms with Crippen molar-refractivity contribution in [2.75, 3.05) is 32.8 Å². The highest BCUT2D eigenvalue weighted by Gasteiger charge is 2.42.